The van der Waals surface area contributed by atoms with Crippen LogP contribution in [0.25, 0.3) is 11.1 Å². The predicted molar refractivity (Wildman–Crippen MR) is 101 cm³/mol. The van der Waals surface area contributed by atoms with E-state index in [9.17, 15) is 4.79 Å². The molecule has 0 aliphatic carbocycles. The molecule has 2 aromatic rings. The van der Waals surface area contributed by atoms with E-state index in [4.69, 9.17) is 0 Å². The first-order valence-corrected chi connectivity index (χ1v) is 8.28. The maximum absolute atomic E-state index is 12.1. The Balaban J connectivity index is 0.00000208. The van der Waals surface area contributed by atoms with Gasteiger partial charge in [0, 0.05) is 12.5 Å². The molecule has 0 bridgehead atoms. The molecule has 2 aromatic carbocycles. The summed E-state index contributed by atoms with van der Waals surface area (Å²) in [6, 6.07) is 16.9. The number of aryl methyl sites for hydroxylation is 1. The van der Waals surface area contributed by atoms with Gasteiger partial charge in [-0.05, 0) is 42.6 Å². The second kappa shape index (κ2) is 8.32. The smallest absolute Gasteiger partial charge is 0.223 e. The van der Waals surface area contributed by atoms with Crippen LogP contribution < -0.4 is 10.6 Å². The second-order valence-electron chi connectivity index (χ2n) is 6.49. The van der Waals surface area contributed by atoms with Gasteiger partial charge in [-0.25, -0.2) is 0 Å². The van der Waals surface area contributed by atoms with E-state index in [1.54, 1.807) is 0 Å². The lowest BCUT2D eigenvalue weighted by atomic mass is 9.88. The Morgan fingerprint density at radius 1 is 1.17 bits per heavy atom. The fourth-order valence-corrected chi connectivity index (χ4v) is 2.87. The van der Waals surface area contributed by atoms with Crippen molar-refractivity contribution >= 4 is 18.3 Å². The fourth-order valence-electron chi connectivity index (χ4n) is 2.87. The van der Waals surface area contributed by atoms with E-state index >= 15 is 0 Å². The van der Waals surface area contributed by atoms with Gasteiger partial charge in [-0.3, -0.25) is 4.79 Å². The maximum atomic E-state index is 12.1. The molecule has 24 heavy (non-hydrogen) atoms. The zero-order chi connectivity index (χ0) is 16.2. The molecule has 1 amide bonds. The first-order valence-electron chi connectivity index (χ1n) is 8.28. The minimum atomic E-state index is 0. The van der Waals surface area contributed by atoms with Crippen molar-refractivity contribution in [2.24, 2.45) is 11.8 Å². The van der Waals surface area contributed by atoms with Crippen molar-refractivity contribution in [2.45, 2.75) is 20.4 Å². The zero-order valence-corrected chi connectivity index (χ0v) is 15.0. The average Bonchev–Trinajstić information content (AvgIpc) is 2.51. The molecule has 1 aliphatic rings. The molecule has 1 saturated heterocycles. The summed E-state index contributed by atoms with van der Waals surface area (Å²) in [7, 11) is 0. The molecule has 3 nitrogen and oxygen atoms in total. The van der Waals surface area contributed by atoms with Crippen LogP contribution in [0.4, 0.5) is 0 Å². The molecule has 2 N–H and O–H groups in total. The SMILES string of the molecule is Cc1cccc(-c2ccc(CNC(=O)C(C)C3CNC3)cc2)c1.Cl. The normalized spacial score (nSPS) is 15.1. The van der Waals surface area contributed by atoms with E-state index in [2.05, 4.69) is 66.1 Å². The van der Waals surface area contributed by atoms with Crippen LogP contribution in [-0.4, -0.2) is 19.0 Å². The van der Waals surface area contributed by atoms with Crippen LogP contribution in [0.1, 0.15) is 18.1 Å². The van der Waals surface area contributed by atoms with Crippen molar-refractivity contribution in [1.29, 1.82) is 0 Å². The molecule has 1 atom stereocenters. The minimum Gasteiger partial charge on any atom is -0.352 e. The molecule has 1 unspecified atom stereocenters. The van der Waals surface area contributed by atoms with Crippen LogP contribution in [0.5, 0.6) is 0 Å². The van der Waals surface area contributed by atoms with Gasteiger partial charge in [0.2, 0.25) is 5.91 Å². The lowest BCUT2D eigenvalue weighted by molar-refractivity contribution is -0.126. The second-order valence-corrected chi connectivity index (χ2v) is 6.49. The van der Waals surface area contributed by atoms with Crippen LogP contribution in [0.2, 0.25) is 0 Å². The Bertz CT molecular complexity index is 680. The first kappa shape index (κ1) is 18.5. The minimum absolute atomic E-state index is 0. The lowest BCUT2D eigenvalue weighted by Crippen LogP contribution is -2.49. The van der Waals surface area contributed by atoms with Gasteiger partial charge in [-0.15, -0.1) is 12.4 Å². The molecule has 1 aliphatic heterocycles. The van der Waals surface area contributed by atoms with Gasteiger partial charge in [0.05, 0.1) is 0 Å². The van der Waals surface area contributed by atoms with Crippen LogP contribution in [0, 0.1) is 18.8 Å². The zero-order valence-electron chi connectivity index (χ0n) is 14.2. The van der Waals surface area contributed by atoms with E-state index < -0.39 is 0 Å². The van der Waals surface area contributed by atoms with Crippen molar-refractivity contribution in [3.8, 4) is 11.1 Å². The van der Waals surface area contributed by atoms with E-state index in [-0.39, 0.29) is 24.2 Å². The van der Waals surface area contributed by atoms with Crippen molar-refractivity contribution < 1.29 is 4.79 Å². The summed E-state index contributed by atoms with van der Waals surface area (Å²) in [6.45, 7) is 6.63. The lowest BCUT2D eigenvalue weighted by Gasteiger charge is -2.31. The number of hydrogen-bond donors (Lipinski definition) is 2. The molecule has 1 fully saturated rings. The largest absolute Gasteiger partial charge is 0.352 e. The number of carbonyl (C=O) groups is 1. The number of rotatable bonds is 5. The molecule has 128 valence electrons. The maximum Gasteiger partial charge on any atom is 0.223 e. The number of amides is 1. The number of carbonyl (C=O) groups excluding carboxylic acids is 1. The van der Waals surface area contributed by atoms with Crippen LogP contribution in [0.15, 0.2) is 48.5 Å². The van der Waals surface area contributed by atoms with Gasteiger partial charge >= 0.3 is 0 Å². The Morgan fingerprint density at radius 3 is 2.46 bits per heavy atom. The van der Waals surface area contributed by atoms with Crippen molar-refractivity contribution in [2.75, 3.05) is 13.1 Å². The fraction of sp³-hybridized carbons (Fsp3) is 0.350. The van der Waals surface area contributed by atoms with Crippen molar-refractivity contribution in [3.63, 3.8) is 0 Å². The molecule has 1 heterocycles. The Hall–Kier alpha value is -1.84. The molecule has 0 spiro atoms. The number of halogens is 1. The van der Waals surface area contributed by atoms with E-state index in [0.29, 0.717) is 12.5 Å². The third-order valence-electron chi connectivity index (χ3n) is 4.71. The van der Waals surface area contributed by atoms with E-state index in [1.165, 1.54) is 16.7 Å². The summed E-state index contributed by atoms with van der Waals surface area (Å²) in [6.07, 6.45) is 0. The molecular weight excluding hydrogens is 320 g/mol. The van der Waals surface area contributed by atoms with Crippen LogP contribution in [-0.2, 0) is 11.3 Å². The van der Waals surface area contributed by atoms with Gasteiger partial charge in [0.25, 0.3) is 0 Å². The Kier molecular flexibility index (Phi) is 6.41. The van der Waals surface area contributed by atoms with Crippen LogP contribution >= 0.6 is 12.4 Å². The molecule has 3 rings (SSSR count). The van der Waals surface area contributed by atoms with Gasteiger partial charge in [0.15, 0.2) is 0 Å². The third-order valence-corrected chi connectivity index (χ3v) is 4.71. The third kappa shape index (κ3) is 4.37. The standard InChI is InChI=1S/C20H24N2O.ClH/c1-14-4-3-5-18(10-14)17-8-6-16(7-9-17)11-22-20(23)15(2)19-12-21-13-19;/h3-10,15,19,21H,11-13H2,1-2H3,(H,22,23);1H. The highest BCUT2D eigenvalue weighted by Crippen LogP contribution is 2.21. The van der Waals surface area contributed by atoms with E-state index in [0.717, 1.165) is 18.7 Å². The number of hydrogen-bond acceptors (Lipinski definition) is 2. The van der Waals surface area contributed by atoms with Gasteiger partial charge < -0.3 is 10.6 Å². The topological polar surface area (TPSA) is 41.1 Å². The van der Waals surface area contributed by atoms with Gasteiger partial charge in [0.1, 0.15) is 0 Å². The monoisotopic (exact) mass is 344 g/mol. The number of nitrogens with one attached hydrogen (secondary N) is 2. The highest BCUT2D eigenvalue weighted by Gasteiger charge is 2.28. The first-order chi connectivity index (χ1) is 11.1. The molecule has 0 radical (unpaired) electrons. The van der Waals surface area contributed by atoms with E-state index in [1.807, 2.05) is 6.92 Å². The quantitative estimate of drug-likeness (QED) is 0.870. The molecular formula is C20H25ClN2O. The van der Waals surface area contributed by atoms with Gasteiger partial charge in [-0.1, -0.05) is 61.0 Å². The summed E-state index contributed by atoms with van der Waals surface area (Å²) in [4.78, 5) is 12.1. The number of benzene rings is 2. The average molecular weight is 345 g/mol. The van der Waals surface area contributed by atoms with Crippen molar-refractivity contribution in [1.82, 2.24) is 10.6 Å². The Morgan fingerprint density at radius 2 is 1.88 bits per heavy atom. The van der Waals surface area contributed by atoms with Crippen LogP contribution in [0.3, 0.4) is 0 Å². The van der Waals surface area contributed by atoms with Gasteiger partial charge in [-0.2, -0.15) is 0 Å². The summed E-state index contributed by atoms with van der Waals surface area (Å²) < 4.78 is 0. The highest BCUT2D eigenvalue weighted by atomic mass is 35.5. The molecule has 0 aromatic heterocycles. The summed E-state index contributed by atoms with van der Waals surface area (Å²) in [5.41, 5.74) is 4.83. The predicted octanol–water partition coefficient (Wildman–Crippen LogP) is 3.56. The highest BCUT2D eigenvalue weighted by molar-refractivity contribution is 5.85. The summed E-state index contributed by atoms with van der Waals surface area (Å²) in [5, 5.41) is 6.27. The molecule has 0 saturated carbocycles. The molecule has 4 heteroatoms. The summed E-state index contributed by atoms with van der Waals surface area (Å²) >= 11 is 0. The summed E-state index contributed by atoms with van der Waals surface area (Å²) in [5.74, 6) is 0.723. The Labute approximate surface area is 150 Å². The van der Waals surface area contributed by atoms with Crippen molar-refractivity contribution in [3.05, 3.63) is 59.7 Å².